The molecule has 2 N–H and O–H groups in total. The van der Waals surface area contributed by atoms with Crippen molar-refractivity contribution in [3.8, 4) is 0 Å². The van der Waals surface area contributed by atoms with Crippen molar-refractivity contribution in [2.45, 2.75) is 46.6 Å². The van der Waals surface area contributed by atoms with E-state index in [1.54, 1.807) is 0 Å². The normalized spacial score (nSPS) is 11.7. The molecular weight excluding hydrogens is 254 g/mol. The SMILES string of the molecule is CC(C)C.C[C@H](N)c1ccc(CCc2ccccc2)cc1. The average molecular weight is 283 g/mol. The van der Waals surface area contributed by atoms with E-state index in [9.17, 15) is 0 Å². The molecule has 114 valence electrons. The second kappa shape index (κ2) is 9.36. The molecule has 0 amide bonds. The van der Waals surface area contributed by atoms with Crippen molar-refractivity contribution in [2.24, 2.45) is 11.7 Å². The molecule has 2 aromatic rings. The maximum Gasteiger partial charge on any atom is 0.0266 e. The van der Waals surface area contributed by atoms with Crippen LogP contribution in [-0.4, -0.2) is 0 Å². The maximum atomic E-state index is 5.83. The lowest BCUT2D eigenvalue weighted by Gasteiger charge is -2.07. The Balaban J connectivity index is 0.000000491. The van der Waals surface area contributed by atoms with Gasteiger partial charge in [0.05, 0.1) is 0 Å². The molecule has 2 rings (SSSR count). The van der Waals surface area contributed by atoms with Gasteiger partial charge in [0.2, 0.25) is 0 Å². The van der Waals surface area contributed by atoms with Crippen molar-refractivity contribution in [1.82, 2.24) is 0 Å². The minimum atomic E-state index is 0.123. The van der Waals surface area contributed by atoms with Gasteiger partial charge in [-0.25, -0.2) is 0 Å². The first-order valence-electron chi connectivity index (χ1n) is 7.87. The smallest absolute Gasteiger partial charge is 0.0266 e. The molecule has 0 spiro atoms. The van der Waals surface area contributed by atoms with Crippen LogP contribution in [0.25, 0.3) is 0 Å². The zero-order valence-electron chi connectivity index (χ0n) is 13.8. The minimum absolute atomic E-state index is 0.123. The molecule has 0 aliphatic carbocycles. The molecule has 2 aromatic carbocycles. The lowest BCUT2D eigenvalue weighted by Crippen LogP contribution is -2.04. The van der Waals surface area contributed by atoms with Crippen molar-refractivity contribution in [3.63, 3.8) is 0 Å². The highest BCUT2D eigenvalue weighted by molar-refractivity contribution is 5.25. The number of hydrogen-bond acceptors (Lipinski definition) is 1. The summed E-state index contributed by atoms with van der Waals surface area (Å²) < 4.78 is 0. The summed E-state index contributed by atoms with van der Waals surface area (Å²) in [5, 5.41) is 0. The average Bonchev–Trinajstić information content (AvgIpc) is 2.46. The molecule has 1 heteroatoms. The highest BCUT2D eigenvalue weighted by atomic mass is 14.6. The van der Waals surface area contributed by atoms with Gasteiger partial charge in [-0.2, -0.15) is 0 Å². The van der Waals surface area contributed by atoms with Crippen molar-refractivity contribution >= 4 is 0 Å². The standard InChI is InChI=1S/C16H19N.C4H10/c1-13(17)16-11-9-15(10-12-16)8-7-14-5-3-2-4-6-14;1-4(2)3/h2-6,9-13H,7-8,17H2,1H3;4H,1-3H3/t13-;/m0./s1. The molecule has 0 aromatic heterocycles. The zero-order valence-corrected chi connectivity index (χ0v) is 13.8. The number of benzene rings is 2. The highest BCUT2D eigenvalue weighted by Gasteiger charge is 1.99. The van der Waals surface area contributed by atoms with Gasteiger partial charge in [-0.3, -0.25) is 0 Å². The van der Waals surface area contributed by atoms with Crippen molar-refractivity contribution in [3.05, 3.63) is 71.3 Å². The van der Waals surface area contributed by atoms with E-state index in [1.165, 1.54) is 16.7 Å². The second-order valence-corrected chi connectivity index (χ2v) is 6.25. The molecule has 21 heavy (non-hydrogen) atoms. The first-order chi connectivity index (χ1) is 9.99. The Bertz CT molecular complexity index is 480. The van der Waals surface area contributed by atoms with Gasteiger partial charge in [0.25, 0.3) is 0 Å². The molecule has 0 bridgehead atoms. The Morgan fingerprint density at radius 1 is 0.714 bits per heavy atom. The van der Waals surface area contributed by atoms with Crippen LogP contribution in [0.4, 0.5) is 0 Å². The van der Waals surface area contributed by atoms with E-state index >= 15 is 0 Å². The first-order valence-corrected chi connectivity index (χ1v) is 7.87. The van der Waals surface area contributed by atoms with Gasteiger partial charge >= 0.3 is 0 Å². The number of rotatable bonds is 4. The summed E-state index contributed by atoms with van der Waals surface area (Å²) >= 11 is 0. The van der Waals surface area contributed by atoms with Crippen molar-refractivity contribution in [2.75, 3.05) is 0 Å². The van der Waals surface area contributed by atoms with Crippen LogP contribution in [-0.2, 0) is 12.8 Å². The van der Waals surface area contributed by atoms with E-state index in [-0.39, 0.29) is 6.04 Å². The predicted molar refractivity (Wildman–Crippen MR) is 93.4 cm³/mol. The van der Waals surface area contributed by atoms with Crippen LogP contribution in [0.5, 0.6) is 0 Å². The number of nitrogens with two attached hydrogens (primary N) is 1. The van der Waals surface area contributed by atoms with Gasteiger partial charge in [-0.15, -0.1) is 0 Å². The third kappa shape index (κ3) is 7.67. The molecule has 0 saturated carbocycles. The van der Waals surface area contributed by atoms with Crippen molar-refractivity contribution in [1.29, 1.82) is 0 Å². The zero-order chi connectivity index (χ0) is 15.7. The molecule has 1 nitrogen and oxygen atoms in total. The second-order valence-electron chi connectivity index (χ2n) is 6.25. The molecule has 0 fully saturated rings. The van der Waals surface area contributed by atoms with Gasteiger partial charge in [-0.1, -0.05) is 75.4 Å². The Morgan fingerprint density at radius 3 is 1.57 bits per heavy atom. The van der Waals surface area contributed by atoms with Crippen molar-refractivity contribution < 1.29 is 0 Å². The summed E-state index contributed by atoms with van der Waals surface area (Å²) in [5.41, 5.74) is 9.80. The maximum absolute atomic E-state index is 5.83. The third-order valence-electron chi connectivity index (χ3n) is 3.05. The fourth-order valence-electron chi connectivity index (χ4n) is 1.92. The Labute approximate surface area is 130 Å². The molecule has 0 aliphatic heterocycles. The van der Waals surface area contributed by atoms with Crippen LogP contribution < -0.4 is 5.73 Å². The summed E-state index contributed by atoms with van der Waals surface area (Å²) in [6, 6.07) is 19.3. The van der Waals surface area contributed by atoms with Crippen LogP contribution in [0.2, 0.25) is 0 Å². The van der Waals surface area contributed by atoms with Gasteiger partial charge in [0.15, 0.2) is 0 Å². The van der Waals surface area contributed by atoms with Gasteiger partial charge in [-0.05, 0) is 42.4 Å². The van der Waals surface area contributed by atoms with E-state index < -0.39 is 0 Å². The van der Waals surface area contributed by atoms with Gasteiger partial charge in [0, 0.05) is 6.04 Å². The summed E-state index contributed by atoms with van der Waals surface area (Å²) in [5.74, 6) is 0.833. The summed E-state index contributed by atoms with van der Waals surface area (Å²) in [7, 11) is 0. The molecule has 0 radical (unpaired) electrons. The summed E-state index contributed by atoms with van der Waals surface area (Å²) in [6.45, 7) is 8.51. The van der Waals surface area contributed by atoms with Crippen LogP contribution >= 0.6 is 0 Å². The van der Waals surface area contributed by atoms with Crippen LogP contribution in [0.3, 0.4) is 0 Å². The fourth-order valence-corrected chi connectivity index (χ4v) is 1.92. The molecule has 1 atom stereocenters. The van der Waals surface area contributed by atoms with E-state index in [0.29, 0.717) is 0 Å². The van der Waals surface area contributed by atoms with Gasteiger partial charge < -0.3 is 5.73 Å². The Kier molecular flexibility index (Phi) is 7.78. The number of hydrogen-bond donors (Lipinski definition) is 1. The molecule has 0 saturated heterocycles. The Hall–Kier alpha value is -1.60. The predicted octanol–water partition coefficient (Wildman–Crippen LogP) is 5.15. The minimum Gasteiger partial charge on any atom is -0.324 e. The van der Waals surface area contributed by atoms with E-state index in [2.05, 4.69) is 75.4 Å². The fraction of sp³-hybridized carbons (Fsp3) is 0.400. The quantitative estimate of drug-likeness (QED) is 0.824. The Morgan fingerprint density at radius 2 is 1.14 bits per heavy atom. The van der Waals surface area contributed by atoms with E-state index in [0.717, 1.165) is 18.8 Å². The third-order valence-corrected chi connectivity index (χ3v) is 3.05. The highest BCUT2D eigenvalue weighted by Crippen LogP contribution is 2.12. The van der Waals surface area contributed by atoms with E-state index in [4.69, 9.17) is 5.73 Å². The lowest BCUT2D eigenvalue weighted by molar-refractivity contribution is 0.737. The van der Waals surface area contributed by atoms with Crippen LogP contribution in [0.1, 0.15) is 50.4 Å². The molecular formula is C20H29N. The first kappa shape index (κ1) is 17.5. The monoisotopic (exact) mass is 283 g/mol. The van der Waals surface area contributed by atoms with Crippen LogP contribution in [0.15, 0.2) is 54.6 Å². The number of aryl methyl sites for hydroxylation is 2. The van der Waals surface area contributed by atoms with Crippen LogP contribution in [0, 0.1) is 5.92 Å². The summed E-state index contributed by atoms with van der Waals surface area (Å²) in [4.78, 5) is 0. The largest absolute Gasteiger partial charge is 0.324 e. The molecule has 0 unspecified atom stereocenters. The topological polar surface area (TPSA) is 26.0 Å². The molecule has 0 aliphatic rings. The summed E-state index contributed by atoms with van der Waals surface area (Å²) in [6.07, 6.45) is 2.18. The van der Waals surface area contributed by atoms with Gasteiger partial charge in [0.1, 0.15) is 0 Å². The van der Waals surface area contributed by atoms with E-state index in [1.807, 2.05) is 6.92 Å². The lowest BCUT2D eigenvalue weighted by atomic mass is 10.0. The molecule has 0 heterocycles.